The number of pyridine rings is 2. The van der Waals surface area contributed by atoms with Gasteiger partial charge in [-0.25, -0.2) is 4.99 Å². The van der Waals surface area contributed by atoms with Crippen LogP contribution in [0.15, 0.2) is 333 Å². The van der Waals surface area contributed by atoms with Crippen LogP contribution in [0.3, 0.4) is 0 Å². The number of aromatic nitrogens is 4. The summed E-state index contributed by atoms with van der Waals surface area (Å²) in [6.45, 7) is 4.72. The molecular weight excluding hydrogens is 1190 g/mol. The number of fused-ring (bicyclic) bond motifs is 11. The van der Waals surface area contributed by atoms with Gasteiger partial charge in [0.25, 0.3) is 0 Å². The lowest BCUT2D eigenvalue weighted by Crippen LogP contribution is -2.45. The Morgan fingerprint density at radius 1 is 0.347 bits per heavy atom. The largest absolute Gasteiger partial charge is 0.350 e. The Bertz CT molecular complexity index is 6030. The fraction of sp³-hybridized carbons (Fsp3) is 0.0556. The molecule has 2 atom stereocenters. The molecule has 0 bridgehead atoms. The van der Waals surface area contributed by atoms with E-state index in [-0.39, 0.29) is 11.6 Å². The van der Waals surface area contributed by atoms with E-state index in [1.54, 1.807) is 0 Å². The lowest BCUT2D eigenvalue weighted by atomic mass is 9.82. The summed E-state index contributed by atoms with van der Waals surface area (Å²) in [5.41, 5.74) is 27.1. The minimum absolute atomic E-state index is 0.155. The molecule has 464 valence electrons. The number of benzene rings is 13. The first-order valence-corrected chi connectivity index (χ1v) is 33.7. The van der Waals surface area contributed by atoms with Crippen LogP contribution in [-0.2, 0) is 5.41 Å². The van der Waals surface area contributed by atoms with Crippen LogP contribution < -0.4 is 15.5 Å². The summed E-state index contributed by atoms with van der Waals surface area (Å²) >= 11 is 0. The van der Waals surface area contributed by atoms with E-state index in [2.05, 4.69) is 342 Å². The Kier molecular flexibility index (Phi) is 13.3. The van der Waals surface area contributed by atoms with E-state index in [0.29, 0.717) is 0 Å². The van der Waals surface area contributed by atoms with Gasteiger partial charge in [-0.05, 0) is 194 Å². The van der Waals surface area contributed by atoms with Crippen LogP contribution in [0, 0.1) is 0 Å². The Morgan fingerprint density at radius 3 is 1.56 bits per heavy atom. The Hall–Kier alpha value is -12.5. The molecule has 0 amide bonds. The van der Waals surface area contributed by atoms with Crippen molar-refractivity contribution in [1.82, 2.24) is 29.7 Å². The molecule has 0 radical (unpaired) electrons. The van der Waals surface area contributed by atoms with Crippen LogP contribution in [-0.4, -0.2) is 24.9 Å². The third-order valence-electron chi connectivity index (χ3n) is 20.5. The van der Waals surface area contributed by atoms with Gasteiger partial charge < -0.3 is 19.4 Å². The number of para-hydroxylation sites is 2. The molecule has 1 aliphatic heterocycles. The van der Waals surface area contributed by atoms with Crippen LogP contribution in [0.25, 0.3) is 121 Å². The van der Waals surface area contributed by atoms with Gasteiger partial charge in [-0.3, -0.25) is 15.3 Å². The van der Waals surface area contributed by atoms with E-state index in [0.717, 1.165) is 117 Å². The highest BCUT2D eigenvalue weighted by Crippen LogP contribution is 2.51. The maximum atomic E-state index is 5.56. The molecule has 0 spiro atoms. The predicted molar refractivity (Wildman–Crippen MR) is 405 cm³/mol. The molecule has 8 nitrogen and oxygen atoms in total. The smallest absolute Gasteiger partial charge is 0.132 e. The number of hydrogen-bond acceptors (Lipinski definition) is 6. The van der Waals surface area contributed by atoms with E-state index in [1.165, 1.54) is 55.2 Å². The second-order valence-corrected chi connectivity index (χ2v) is 26.4. The van der Waals surface area contributed by atoms with Crippen molar-refractivity contribution in [3.8, 4) is 55.9 Å². The number of aliphatic imine (C=N–C) groups is 1. The normalized spacial score (nSPS) is 14.8. The first-order valence-electron chi connectivity index (χ1n) is 33.7. The van der Waals surface area contributed by atoms with Crippen LogP contribution in [0.2, 0.25) is 0 Å². The molecule has 2 unspecified atom stereocenters. The Morgan fingerprint density at radius 2 is 0.847 bits per heavy atom. The lowest BCUT2D eigenvalue weighted by molar-refractivity contribution is 0.411. The minimum atomic E-state index is -0.427. The zero-order chi connectivity index (χ0) is 65.0. The molecule has 2 N–H and O–H groups in total. The highest BCUT2D eigenvalue weighted by molar-refractivity contribution is 6.14. The third-order valence-corrected chi connectivity index (χ3v) is 20.5. The van der Waals surface area contributed by atoms with Gasteiger partial charge in [-0.15, -0.1) is 0 Å². The molecule has 0 saturated carbocycles. The maximum absolute atomic E-state index is 5.56. The van der Waals surface area contributed by atoms with Crippen molar-refractivity contribution in [2.24, 2.45) is 4.99 Å². The zero-order valence-electron chi connectivity index (χ0n) is 54.0. The molecular formula is C90H64N8. The van der Waals surface area contributed by atoms with E-state index in [4.69, 9.17) is 15.0 Å². The first kappa shape index (κ1) is 57.0. The molecule has 2 aliphatic rings. The molecule has 0 saturated heterocycles. The van der Waals surface area contributed by atoms with Crippen molar-refractivity contribution in [1.29, 1.82) is 0 Å². The van der Waals surface area contributed by atoms with Crippen LogP contribution >= 0.6 is 0 Å². The van der Waals surface area contributed by atoms with Gasteiger partial charge in [-0.1, -0.05) is 202 Å². The average molecular weight is 1260 g/mol. The number of nitrogens with zero attached hydrogens (tertiary/aromatic N) is 6. The van der Waals surface area contributed by atoms with Gasteiger partial charge in [0.05, 0.1) is 33.1 Å². The molecule has 4 aromatic heterocycles. The van der Waals surface area contributed by atoms with Crippen molar-refractivity contribution < 1.29 is 0 Å². The standard InChI is InChI=1S/C90H64N8/c1-90(2)79-30-11-9-24-69(79)70-46-45-68(56-80(70)90)96(65-41-34-58(35-42-65)57-18-5-3-6-19-57)66-43-36-59(37-44-66)60-38-47-85-77(53-60)78-55-62(61-39-48-84-76(54-61)73-25-10-12-33-83(73)97(84)64-21-7-4-8-22-64)40-49-86(78)98(85)67-23-13-20-63(52-67)87-93-88(74-26-14-31-81-71(74)28-16-50-91-81)95-89(94-87)75-27-15-32-82-72(75)29-17-51-92-82/h3-56,87-88,93H,1-2H3,(H,94,95). The van der Waals surface area contributed by atoms with Gasteiger partial charge >= 0.3 is 0 Å². The number of anilines is 3. The van der Waals surface area contributed by atoms with Gasteiger partial charge in [0.15, 0.2) is 0 Å². The molecule has 5 heterocycles. The maximum Gasteiger partial charge on any atom is 0.132 e. The molecule has 1 aliphatic carbocycles. The number of amidine groups is 1. The second kappa shape index (κ2) is 22.9. The van der Waals surface area contributed by atoms with E-state index < -0.39 is 6.17 Å². The van der Waals surface area contributed by atoms with Crippen molar-refractivity contribution in [2.75, 3.05) is 4.90 Å². The molecule has 13 aromatic carbocycles. The molecule has 98 heavy (non-hydrogen) atoms. The van der Waals surface area contributed by atoms with Crippen LogP contribution in [0.5, 0.6) is 0 Å². The quantitative estimate of drug-likeness (QED) is 0.135. The highest BCUT2D eigenvalue weighted by Gasteiger charge is 2.36. The molecule has 0 fully saturated rings. The van der Waals surface area contributed by atoms with Gasteiger partial charge in [-0.2, -0.15) is 0 Å². The van der Waals surface area contributed by atoms with Crippen LogP contribution in [0.4, 0.5) is 17.1 Å². The summed E-state index contributed by atoms with van der Waals surface area (Å²) in [6.07, 6.45) is 2.97. The van der Waals surface area contributed by atoms with E-state index in [9.17, 15) is 0 Å². The van der Waals surface area contributed by atoms with Gasteiger partial charge in [0.2, 0.25) is 0 Å². The number of hydrogen-bond donors (Lipinski definition) is 2. The highest BCUT2D eigenvalue weighted by atomic mass is 15.3. The SMILES string of the molecule is CC1(C)c2ccccc2-c2ccc(N(c3ccc(-c4ccccc4)cc3)c3ccc(-c4ccc5c(c4)c4cc(-c6ccc7c(c6)c6ccccc6n7-c6ccccc6)ccc4n5-c4cccc(C5N=C(c6cccc7ncccc67)NC(c6cccc7ncccc67)N5)c4)cc3)cc21. The lowest BCUT2D eigenvalue weighted by Gasteiger charge is -2.33. The first-order chi connectivity index (χ1) is 48.3. The Labute approximate surface area is 567 Å². The topological polar surface area (TPSA) is 75.3 Å². The minimum Gasteiger partial charge on any atom is -0.350 e. The summed E-state index contributed by atoms with van der Waals surface area (Å²) in [4.78, 5) is 17.5. The Balaban J connectivity index is 0.749. The zero-order valence-corrected chi connectivity index (χ0v) is 54.0. The molecule has 8 heteroatoms. The molecule has 17 aromatic rings. The van der Waals surface area contributed by atoms with Crippen LogP contribution in [0.1, 0.15) is 54.0 Å². The van der Waals surface area contributed by atoms with Gasteiger partial charge in [0, 0.05) is 84.1 Å². The predicted octanol–water partition coefficient (Wildman–Crippen LogP) is 22.1. The average Bonchev–Trinajstić information content (AvgIpc) is 1.14. The monoisotopic (exact) mass is 1260 g/mol. The summed E-state index contributed by atoms with van der Waals surface area (Å²) in [5, 5.41) is 14.7. The van der Waals surface area contributed by atoms with E-state index >= 15 is 0 Å². The molecule has 19 rings (SSSR count). The number of nitrogens with one attached hydrogen (secondary N) is 2. The third kappa shape index (κ3) is 9.43. The summed E-state index contributed by atoms with van der Waals surface area (Å²) in [7, 11) is 0. The summed E-state index contributed by atoms with van der Waals surface area (Å²) in [6, 6.07) is 115. The summed E-state index contributed by atoms with van der Waals surface area (Å²) in [5.74, 6) is 0.792. The fourth-order valence-electron chi connectivity index (χ4n) is 15.7. The van der Waals surface area contributed by atoms with Gasteiger partial charge in [0.1, 0.15) is 18.2 Å². The van der Waals surface area contributed by atoms with Crippen molar-refractivity contribution in [2.45, 2.75) is 31.6 Å². The summed E-state index contributed by atoms with van der Waals surface area (Å²) < 4.78 is 4.82. The van der Waals surface area contributed by atoms with Crippen molar-refractivity contribution >= 4 is 88.3 Å². The van der Waals surface area contributed by atoms with Crippen molar-refractivity contribution in [3.05, 3.63) is 356 Å². The van der Waals surface area contributed by atoms with E-state index in [1.807, 2.05) is 24.5 Å². The fourth-order valence-corrected chi connectivity index (χ4v) is 15.7. The van der Waals surface area contributed by atoms with Crippen molar-refractivity contribution in [3.63, 3.8) is 0 Å². The number of rotatable bonds is 11. The second-order valence-electron chi connectivity index (χ2n) is 26.4.